The van der Waals surface area contributed by atoms with Crippen LogP contribution in [0.3, 0.4) is 0 Å². The van der Waals surface area contributed by atoms with Gasteiger partial charge in [0.05, 0.1) is 0 Å². The van der Waals surface area contributed by atoms with E-state index in [0.717, 1.165) is 13.1 Å². The van der Waals surface area contributed by atoms with Crippen molar-refractivity contribution in [2.45, 2.75) is 50.5 Å². The van der Waals surface area contributed by atoms with Crippen molar-refractivity contribution in [2.24, 2.45) is 0 Å². The fourth-order valence-corrected chi connectivity index (χ4v) is 1.03. The van der Waals surface area contributed by atoms with Crippen molar-refractivity contribution in [3.05, 3.63) is 0 Å². The van der Waals surface area contributed by atoms with E-state index in [-0.39, 0.29) is 17.1 Å². The Labute approximate surface area is 177 Å². The average Bonchev–Trinajstić information content (AvgIpc) is 2.47. The molecule has 29 heavy (non-hydrogen) atoms. The van der Waals surface area contributed by atoms with Gasteiger partial charge in [-0.25, -0.2) is 16.8 Å². The van der Waals surface area contributed by atoms with Crippen molar-refractivity contribution in [3.8, 4) is 0 Å². The van der Waals surface area contributed by atoms with Crippen LogP contribution >= 0.6 is 0 Å². The SMILES string of the molecule is CCCCNCCNCCCC.O=S(=O)([O-])C(F)(F)F.O=S(=O)([O-])C(F)(F)F.[Cu+2]. The summed E-state index contributed by atoms with van der Waals surface area (Å²) in [6.45, 7) is 9.02. The number of rotatable bonds is 9. The molecule has 0 atom stereocenters. The molecule has 0 aromatic rings. The molecule has 0 aliphatic heterocycles. The zero-order valence-corrected chi connectivity index (χ0v) is 18.1. The molecule has 1 radical (unpaired) electrons. The van der Waals surface area contributed by atoms with Gasteiger partial charge in [-0.05, 0) is 25.9 Å². The van der Waals surface area contributed by atoms with Crippen LogP contribution in [0.4, 0.5) is 26.3 Å². The van der Waals surface area contributed by atoms with Gasteiger partial charge < -0.3 is 19.7 Å². The molecule has 2 N–H and O–H groups in total. The van der Waals surface area contributed by atoms with Gasteiger partial charge in [0.25, 0.3) is 0 Å². The van der Waals surface area contributed by atoms with Crippen LogP contribution in [0.1, 0.15) is 39.5 Å². The van der Waals surface area contributed by atoms with Crippen LogP contribution in [0.25, 0.3) is 0 Å². The van der Waals surface area contributed by atoms with E-state index in [1.54, 1.807) is 0 Å². The molecule has 0 saturated heterocycles. The van der Waals surface area contributed by atoms with E-state index in [9.17, 15) is 26.3 Å². The van der Waals surface area contributed by atoms with Crippen LogP contribution in [0, 0.1) is 0 Å². The maximum absolute atomic E-state index is 10.7. The minimum absolute atomic E-state index is 0. The average molecular weight is 534 g/mol. The third-order valence-electron chi connectivity index (χ3n) is 2.46. The Bertz CT molecular complexity index is 533. The third kappa shape index (κ3) is 25.8. The van der Waals surface area contributed by atoms with Gasteiger partial charge in [0.2, 0.25) is 0 Å². The smallest absolute Gasteiger partial charge is 0.741 e. The number of unbranched alkanes of at least 4 members (excludes halogenated alkanes) is 2. The van der Waals surface area contributed by atoms with Gasteiger partial charge in [-0.1, -0.05) is 26.7 Å². The predicted molar refractivity (Wildman–Crippen MR) is 87.1 cm³/mol. The molecule has 0 fully saturated rings. The van der Waals surface area contributed by atoms with Gasteiger partial charge in [0.1, 0.15) is 0 Å². The number of alkyl halides is 6. The zero-order valence-electron chi connectivity index (χ0n) is 15.5. The molecule has 0 aromatic carbocycles. The van der Waals surface area contributed by atoms with E-state index in [1.165, 1.54) is 38.8 Å². The van der Waals surface area contributed by atoms with Crippen molar-refractivity contribution >= 4 is 20.2 Å². The summed E-state index contributed by atoms with van der Waals surface area (Å²) in [5.41, 5.74) is -11.3. The second kappa shape index (κ2) is 17.5. The maximum atomic E-state index is 10.7. The number of hydrogen-bond donors (Lipinski definition) is 2. The van der Waals surface area contributed by atoms with Gasteiger partial charge in [-0.3, -0.25) is 0 Å². The van der Waals surface area contributed by atoms with Crippen LogP contribution < -0.4 is 10.6 Å². The second-order valence-corrected chi connectivity index (χ2v) is 7.75. The summed E-state index contributed by atoms with van der Waals surface area (Å²) in [5.74, 6) is 0. The molecular formula is C12H24CuF6N2O6S2. The first-order valence-electron chi connectivity index (χ1n) is 7.87. The topological polar surface area (TPSA) is 138 Å². The first-order chi connectivity index (χ1) is 12.4. The van der Waals surface area contributed by atoms with Crippen molar-refractivity contribution in [1.29, 1.82) is 0 Å². The van der Waals surface area contributed by atoms with Gasteiger partial charge in [-0.2, -0.15) is 26.3 Å². The molecular weight excluding hydrogens is 510 g/mol. The largest absolute Gasteiger partial charge is 2.00 e. The Morgan fingerprint density at radius 3 is 1.00 bits per heavy atom. The van der Waals surface area contributed by atoms with Gasteiger partial charge in [-0.15, -0.1) is 0 Å². The predicted octanol–water partition coefficient (Wildman–Crippen LogP) is 1.87. The summed E-state index contributed by atoms with van der Waals surface area (Å²) in [6.07, 6.45) is 5.18. The summed E-state index contributed by atoms with van der Waals surface area (Å²) in [6, 6.07) is 0. The minimum atomic E-state index is -6.09. The fourth-order valence-electron chi connectivity index (χ4n) is 1.03. The molecule has 17 heteroatoms. The second-order valence-electron chi connectivity index (χ2n) is 5.01. The standard InChI is InChI=1S/C10H24N2.2CHF3O3S.Cu/c1-3-5-7-11-9-10-12-8-6-4-2;2*2-1(3,4)8(5,6)7;/h11-12H,3-10H2,1-2H3;2*(H,5,6,7);/q;;;+2/p-2. The Hall–Kier alpha value is -0.161. The van der Waals surface area contributed by atoms with Gasteiger partial charge in [0, 0.05) is 13.1 Å². The Morgan fingerprint density at radius 2 is 0.862 bits per heavy atom. The molecule has 0 rings (SSSR count). The molecule has 0 bridgehead atoms. The molecule has 0 amide bonds. The van der Waals surface area contributed by atoms with E-state index < -0.39 is 31.3 Å². The quantitative estimate of drug-likeness (QED) is 0.150. The number of hydrogen-bond acceptors (Lipinski definition) is 8. The van der Waals surface area contributed by atoms with E-state index in [4.69, 9.17) is 25.9 Å². The summed E-state index contributed by atoms with van der Waals surface area (Å²) in [7, 11) is -12.2. The van der Waals surface area contributed by atoms with Gasteiger partial charge >= 0.3 is 28.1 Å². The van der Waals surface area contributed by atoms with E-state index in [0.29, 0.717) is 0 Å². The molecule has 0 heterocycles. The molecule has 0 saturated carbocycles. The monoisotopic (exact) mass is 533 g/mol. The third-order valence-corrected chi connectivity index (χ3v) is 3.59. The van der Waals surface area contributed by atoms with Crippen molar-refractivity contribution in [3.63, 3.8) is 0 Å². The molecule has 8 nitrogen and oxygen atoms in total. The van der Waals surface area contributed by atoms with Gasteiger partial charge in [0.15, 0.2) is 20.2 Å². The molecule has 183 valence electrons. The first kappa shape index (κ1) is 36.2. The van der Waals surface area contributed by atoms with Crippen molar-refractivity contribution < 1.29 is 69.4 Å². The molecule has 0 aliphatic carbocycles. The molecule has 0 aromatic heterocycles. The van der Waals surface area contributed by atoms with Crippen LogP contribution in [0.2, 0.25) is 0 Å². The van der Waals surface area contributed by atoms with Crippen LogP contribution in [0.15, 0.2) is 0 Å². The Kier molecular flexibility index (Phi) is 21.9. The first-order valence-corrected chi connectivity index (χ1v) is 10.7. The van der Waals surface area contributed by atoms with E-state index >= 15 is 0 Å². The minimum Gasteiger partial charge on any atom is -0.741 e. The Balaban J connectivity index is -0.000000164. The van der Waals surface area contributed by atoms with E-state index in [1.807, 2.05) is 0 Å². The summed E-state index contributed by atoms with van der Waals surface area (Å²) in [5, 5.41) is 6.80. The van der Waals surface area contributed by atoms with Crippen LogP contribution in [-0.4, -0.2) is 63.1 Å². The number of nitrogens with one attached hydrogen (secondary N) is 2. The molecule has 0 spiro atoms. The summed E-state index contributed by atoms with van der Waals surface area (Å²) >= 11 is 0. The van der Waals surface area contributed by atoms with Crippen molar-refractivity contribution in [1.82, 2.24) is 10.6 Å². The van der Waals surface area contributed by atoms with Crippen LogP contribution in [-0.2, 0) is 37.3 Å². The molecule has 0 aliphatic rings. The summed E-state index contributed by atoms with van der Waals surface area (Å²) in [4.78, 5) is 0. The normalized spacial score (nSPS) is 12.1. The summed E-state index contributed by atoms with van der Waals surface area (Å²) < 4.78 is 118. The maximum Gasteiger partial charge on any atom is 2.00 e. The number of halogens is 6. The van der Waals surface area contributed by atoms with Crippen molar-refractivity contribution in [2.75, 3.05) is 26.2 Å². The molecule has 0 unspecified atom stereocenters. The van der Waals surface area contributed by atoms with E-state index in [2.05, 4.69) is 24.5 Å². The van der Waals surface area contributed by atoms with Crippen LogP contribution in [0.5, 0.6) is 0 Å². The fraction of sp³-hybridized carbons (Fsp3) is 1.00. The Morgan fingerprint density at radius 1 is 0.655 bits per heavy atom. The zero-order chi connectivity index (χ0) is 23.1.